The van der Waals surface area contributed by atoms with Gasteiger partial charge in [-0.15, -0.1) is 0 Å². The maximum atomic E-state index is 10.7. The van der Waals surface area contributed by atoms with Crippen molar-refractivity contribution in [3.8, 4) is 0 Å². The summed E-state index contributed by atoms with van der Waals surface area (Å²) in [6.07, 6.45) is 8.82. The van der Waals surface area contributed by atoms with E-state index in [0.29, 0.717) is 0 Å². The Morgan fingerprint density at radius 1 is 1.27 bits per heavy atom. The first kappa shape index (κ1) is 11.6. The molecule has 15 heavy (non-hydrogen) atoms. The van der Waals surface area contributed by atoms with Crippen LogP contribution in [0.5, 0.6) is 0 Å². The summed E-state index contributed by atoms with van der Waals surface area (Å²) in [6.45, 7) is 2.18. The summed E-state index contributed by atoms with van der Waals surface area (Å²) >= 11 is 0. The molecule has 0 fully saturated rings. The molecule has 1 aromatic rings. The third kappa shape index (κ3) is 4.06. The summed E-state index contributed by atoms with van der Waals surface area (Å²) in [5.41, 5.74) is 6.22. The van der Waals surface area contributed by atoms with Gasteiger partial charge in [0.05, 0.1) is 11.9 Å². The summed E-state index contributed by atoms with van der Waals surface area (Å²) in [5, 5.41) is 0. The van der Waals surface area contributed by atoms with Crippen LogP contribution in [-0.2, 0) is 6.42 Å². The number of nitrogens with zero attached hydrogens (tertiary/aromatic N) is 2. The molecule has 0 spiro atoms. The maximum Gasteiger partial charge on any atom is 0.268 e. The molecule has 1 amide bonds. The average molecular weight is 207 g/mol. The van der Waals surface area contributed by atoms with Crippen LogP contribution in [0.1, 0.15) is 48.8 Å². The number of aromatic nitrogens is 2. The van der Waals surface area contributed by atoms with E-state index in [0.717, 1.165) is 18.5 Å². The lowest BCUT2D eigenvalue weighted by molar-refractivity contribution is 0.0995. The van der Waals surface area contributed by atoms with Crippen LogP contribution in [0, 0.1) is 0 Å². The highest BCUT2D eigenvalue weighted by molar-refractivity contribution is 5.90. The molecule has 1 rings (SSSR count). The van der Waals surface area contributed by atoms with Gasteiger partial charge < -0.3 is 5.73 Å². The number of amides is 1. The number of carbonyl (C=O) groups excluding carboxylic acids is 1. The number of carbonyl (C=O) groups is 1. The van der Waals surface area contributed by atoms with E-state index in [1.165, 1.54) is 25.5 Å². The van der Waals surface area contributed by atoms with E-state index in [1.54, 1.807) is 6.20 Å². The highest BCUT2D eigenvalue weighted by Gasteiger charge is 2.02. The fraction of sp³-hybridized carbons (Fsp3) is 0.545. The molecular formula is C11H17N3O. The Hall–Kier alpha value is -1.45. The van der Waals surface area contributed by atoms with Crippen molar-refractivity contribution in [3.05, 3.63) is 23.8 Å². The molecule has 1 heterocycles. The van der Waals surface area contributed by atoms with Crippen molar-refractivity contribution in [2.45, 2.75) is 39.0 Å². The number of unbranched alkanes of at least 4 members (excludes halogenated alkanes) is 3. The molecular weight excluding hydrogens is 190 g/mol. The minimum absolute atomic E-state index is 0.229. The van der Waals surface area contributed by atoms with E-state index < -0.39 is 5.91 Å². The van der Waals surface area contributed by atoms with Crippen LogP contribution in [-0.4, -0.2) is 15.9 Å². The lowest BCUT2D eigenvalue weighted by Gasteiger charge is -2.00. The first-order valence-electron chi connectivity index (χ1n) is 5.34. The van der Waals surface area contributed by atoms with E-state index in [4.69, 9.17) is 5.73 Å². The Labute approximate surface area is 89.9 Å². The zero-order chi connectivity index (χ0) is 11.1. The number of hydrogen-bond acceptors (Lipinski definition) is 3. The number of primary amides is 1. The van der Waals surface area contributed by atoms with Gasteiger partial charge in [-0.3, -0.25) is 9.78 Å². The topological polar surface area (TPSA) is 68.9 Å². The van der Waals surface area contributed by atoms with Gasteiger partial charge in [0, 0.05) is 6.20 Å². The molecule has 4 heteroatoms. The number of hydrogen-bond donors (Lipinski definition) is 1. The Morgan fingerprint density at radius 2 is 2.07 bits per heavy atom. The largest absolute Gasteiger partial charge is 0.364 e. The normalized spacial score (nSPS) is 10.2. The molecule has 0 aliphatic carbocycles. The molecule has 0 atom stereocenters. The molecule has 0 unspecified atom stereocenters. The first-order chi connectivity index (χ1) is 7.24. The third-order valence-electron chi connectivity index (χ3n) is 2.24. The highest BCUT2D eigenvalue weighted by Crippen LogP contribution is 2.04. The predicted molar refractivity (Wildman–Crippen MR) is 58.4 cm³/mol. The monoisotopic (exact) mass is 207 g/mol. The number of aryl methyl sites for hydroxylation is 1. The van der Waals surface area contributed by atoms with E-state index in [2.05, 4.69) is 16.9 Å². The SMILES string of the molecule is CCCCCCc1cnc(C(N)=O)cn1. The van der Waals surface area contributed by atoms with E-state index in [-0.39, 0.29) is 5.69 Å². The van der Waals surface area contributed by atoms with E-state index >= 15 is 0 Å². The molecule has 0 bridgehead atoms. The van der Waals surface area contributed by atoms with Gasteiger partial charge in [0.25, 0.3) is 5.91 Å². The summed E-state index contributed by atoms with van der Waals surface area (Å²) in [4.78, 5) is 18.8. The van der Waals surface area contributed by atoms with Gasteiger partial charge in [-0.2, -0.15) is 0 Å². The first-order valence-corrected chi connectivity index (χ1v) is 5.34. The quantitative estimate of drug-likeness (QED) is 0.722. The van der Waals surface area contributed by atoms with Crippen molar-refractivity contribution in [2.24, 2.45) is 5.73 Å². The minimum atomic E-state index is -0.528. The molecule has 0 saturated carbocycles. The van der Waals surface area contributed by atoms with Crippen LogP contribution >= 0.6 is 0 Å². The highest BCUT2D eigenvalue weighted by atomic mass is 16.1. The second-order valence-corrected chi connectivity index (χ2v) is 3.57. The fourth-order valence-corrected chi connectivity index (χ4v) is 1.34. The van der Waals surface area contributed by atoms with Crippen LogP contribution in [0.4, 0.5) is 0 Å². The fourth-order valence-electron chi connectivity index (χ4n) is 1.34. The zero-order valence-corrected chi connectivity index (χ0v) is 9.07. The van der Waals surface area contributed by atoms with Crippen molar-refractivity contribution >= 4 is 5.91 Å². The van der Waals surface area contributed by atoms with Crippen molar-refractivity contribution in [3.63, 3.8) is 0 Å². The molecule has 0 saturated heterocycles. The predicted octanol–water partition coefficient (Wildman–Crippen LogP) is 1.70. The standard InChI is InChI=1S/C11H17N3O/c1-2-3-4-5-6-9-7-14-10(8-13-9)11(12)15/h7-8H,2-6H2,1H3,(H2,12,15). The van der Waals surface area contributed by atoms with Gasteiger partial charge in [0.15, 0.2) is 0 Å². The van der Waals surface area contributed by atoms with Crippen molar-refractivity contribution in [1.82, 2.24) is 9.97 Å². The Bertz CT molecular complexity index is 308. The molecule has 1 aromatic heterocycles. The molecule has 82 valence electrons. The molecule has 2 N–H and O–H groups in total. The second kappa shape index (κ2) is 6.11. The number of rotatable bonds is 6. The van der Waals surface area contributed by atoms with Crippen LogP contribution in [0.25, 0.3) is 0 Å². The second-order valence-electron chi connectivity index (χ2n) is 3.57. The lowest BCUT2D eigenvalue weighted by atomic mass is 10.1. The van der Waals surface area contributed by atoms with Crippen molar-refractivity contribution in [1.29, 1.82) is 0 Å². The van der Waals surface area contributed by atoms with Gasteiger partial charge in [-0.05, 0) is 12.8 Å². The number of nitrogens with two attached hydrogens (primary N) is 1. The third-order valence-corrected chi connectivity index (χ3v) is 2.24. The van der Waals surface area contributed by atoms with E-state index in [1.807, 2.05) is 0 Å². The van der Waals surface area contributed by atoms with Crippen LogP contribution in [0.15, 0.2) is 12.4 Å². The van der Waals surface area contributed by atoms with Gasteiger partial charge in [0.2, 0.25) is 0 Å². The zero-order valence-electron chi connectivity index (χ0n) is 9.07. The molecule has 0 radical (unpaired) electrons. The van der Waals surface area contributed by atoms with E-state index in [9.17, 15) is 4.79 Å². The molecule has 4 nitrogen and oxygen atoms in total. The minimum Gasteiger partial charge on any atom is -0.364 e. The summed E-state index contributed by atoms with van der Waals surface area (Å²) in [7, 11) is 0. The van der Waals surface area contributed by atoms with Crippen molar-refractivity contribution < 1.29 is 4.79 Å². The van der Waals surface area contributed by atoms with Crippen LogP contribution < -0.4 is 5.73 Å². The van der Waals surface area contributed by atoms with Gasteiger partial charge in [0.1, 0.15) is 5.69 Å². The smallest absolute Gasteiger partial charge is 0.268 e. The summed E-state index contributed by atoms with van der Waals surface area (Å²) < 4.78 is 0. The summed E-state index contributed by atoms with van der Waals surface area (Å²) in [6, 6.07) is 0. The average Bonchev–Trinajstić information content (AvgIpc) is 2.25. The lowest BCUT2D eigenvalue weighted by Crippen LogP contribution is -2.13. The molecule has 0 aromatic carbocycles. The maximum absolute atomic E-state index is 10.7. The molecule has 0 aliphatic heterocycles. The Balaban J connectivity index is 2.39. The van der Waals surface area contributed by atoms with Gasteiger partial charge in [-0.1, -0.05) is 26.2 Å². The van der Waals surface area contributed by atoms with Crippen LogP contribution in [0.2, 0.25) is 0 Å². The van der Waals surface area contributed by atoms with Crippen LogP contribution in [0.3, 0.4) is 0 Å². The molecule has 0 aliphatic rings. The van der Waals surface area contributed by atoms with Gasteiger partial charge >= 0.3 is 0 Å². The van der Waals surface area contributed by atoms with Crippen molar-refractivity contribution in [2.75, 3.05) is 0 Å². The Morgan fingerprint density at radius 3 is 2.60 bits per heavy atom. The van der Waals surface area contributed by atoms with Gasteiger partial charge in [-0.25, -0.2) is 4.98 Å². The Kier molecular flexibility index (Phi) is 4.74. The summed E-state index contributed by atoms with van der Waals surface area (Å²) in [5.74, 6) is -0.528.